The van der Waals surface area contributed by atoms with Crippen molar-refractivity contribution in [2.75, 3.05) is 50.2 Å². The van der Waals surface area contributed by atoms with Crippen molar-refractivity contribution < 1.29 is 23.8 Å². The van der Waals surface area contributed by atoms with Crippen molar-refractivity contribution >= 4 is 23.4 Å². The number of rotatable bonds is 8. The van der Waals surface area contributed by atoms with E-state index in [-0.39, 0.29) is 24.4 Å². The van der Waals surface area contributed by atoms with Gasteiger partial charge in [-0.05, 0) is 48.0 Å². The zero-order chi connectivity index (χ0) is 29.6. The van der Waals surface area contributed by atoms with Crippen LogP contribution in [0.5, 0.6) is 17.2 Å². The summed E-state index contributed by atoms with van der Waals surface area (Å²) in [5, 5.41) is 5.96. The number of benzene rings is 2. The van der Waals surface area contributed by atoms with Crippen LogP contribution in [0.3, 0.4) is 0 Å². The molecule has 0 spiro atoms. The first-order chi connectivity index (χ1) is 21.1. The molecule has 1 unspecified atom stereocenters. The highest BCUT2D eigenvalue weighted by Gasteiger charge is 2.32. The van der Waals surface area contributed by atoms with Crippen LogP contribution in [0.1, 0.15) is 12.0 Å². The molecule has 4 heterocycles. The number of aromatic nitrogens is 4. The zero-order valence-corrected chi connectivity index (χ0v) is 23.7. The van der Waals surface area contributed by atoms with Crippen LogP contribution in [0.15, 0.2) is 73.4 Å². The van der Waals surface area contributed by atoms with Gasteiger partial charge in [0.05, 0.1) is 13.2 Å². The van der Waals surface area contributed by atoms with E-state index in [1.165, 1.54) is 0 Å². The van der Waals surface area contributed by atoms with E-state index in [2.05, 4.69) is 25.5 Å². The second-order valence-corrected chi connectivity index (χ2v) is 10.1. The van der Waals surface area contributed by atoms with Gasteiger partial charge in [0.2, 0.25) is 11.9 Å². The van der Waals surface area contributed by atoms with Crippen LogP contribution in [0, 0.1) is 0 Å². The maximum Gasteiger partial charge on any atom is 0.321 e. The highest BCUT2D eigenvalue weighted by atomic mass is 16.6. The van der Waals surface area contributed by atoms with Gasteiger partial charge in [-0.1, -0.05) is 6.07 Å². The highest BCUT2D eigenvalue weighted by Crippen LogP contribution is 2.30. The first kappa shape index (κ1) is 27.8. The first-order valence-electron chi connectivity index (χ1n) is 14.0. The molecule has 222 valence electrons. The topological polar surface area (TPSA) is 136 Å². The van der Waals surface area contributed by atoms with Crippen molar-refractivity contribution in [1.29, 1.82) is 0 Å². The first-order valence-corrected chi connectivity index (χ1v) is 14.0. The van der Waals surface area contributed by atoms with E-state index in [0.717, 1.165) is 5.56 Å². The molecule has 13 nitrogen and oxygen atoms in total. The Bertz CT molecular complexity index is 1560. The van der Waals surface area contributed by atoms with Crippen molar-refractivity contribution in [2.45, 2.75) is 19.0 Å². The molecular weight excluding hydrogens is 552 g/mol. The second-order valence-electron chi connectivity index (χ2n) is 10.1. The number of nitrogens with one attached hydrogen (secondary N) is 2. The minimum absolute atomic E-state index is 0.147. The Morgan fingerprint density at radius 3 is 2.65 bits per heavy atom. The van der Waals surface area contributed by atoms with Crippen LogP contribution in [-0.4, -0.2) is 82.4 Å². The lowest BCUT2D eigenvalue weighted by atomic mass is 10.1. The molecule has 3 amide bonds. The van der Waals surface area contributed by atoms with Gasteiger partial charge >= 0.3 is 6.03 Å². The summed E-state index contributed by atoms with van der Waals surface area (Å²) in [4.78, 5) is 43.5. The second kappa shape index (κ2) is 12.7. The zero-order valence-electron chi connectivity index (χ0n) is 23.7. The van der Waals surface area contributed by atoms with Gasteiger partial charge in [-0.3, -0.25) is 9.36 Å². The molecule has 1 fully saturated rings. The lowest BCUT2D eigenvalue weighted by Gasteiger charge is -2.41. The smallest absolute Gasteiger partial charge is 0.321 e. The summed E-state index contributed by atoms with van der Waals surface area (Å²) in [7, 11) is 1.59. The Hall–Kier alpha value is -5.33. The molecule has 2 aliphatic heterocycles. The standard InChI is InChI=1S/C30H32N8O5/c1-41-24-5-3-22(4-6-24)34-30(40)36-12-13-38(27-8-9-32-29(35-27)37-11-10-31-20-37)23(19-36)17-28(39)33-18-21-2-7-25-26(16-21)43-15-14-42-25/h2-11,16,20,23H,12-15,17-19H2,1H3,(H,33,39)(H,34,40). The molecule has 4 aromatic rings. The average molecular weight is 585 g/mol. The Balaban J connectivity index is 1.16. The van der Waals surface area contributed by atoms with E-state index >= 15 is 0 Å². The fraction of sp³-hybridized carbons (Fsp3) is 0.300. The minimum atomic E-state index is -0.332. The van der Waals surface area contributed by atoms with Gasteiger partial charge in [-0.25, -0.2) is 14.8 Å². The van der Waals surface area contributed by atoms with E-state index < -0.39 is 0 Å². The molecule has 13 heteroatoms. The number of piperazine rings is 1. The molecular formula is C30H32N8O5. The normalized spacial score (nSPS) is 16.0. The fourth-order valence-corrected chi connectivity index (χ4v) is 5.08. The molecule has 2 N–H and O–H groups in total. The molecule has 0 saturated carbocycles. The predicted molar refractivity (Wildman–Crippen MR) is 158 cm³/mol. The summed E-state index contributed by atoms with van der Waals surface area (Å²) >= 11 is 0. The maximum atomic E-state index is 13.3. The fourth-order valence-electron chi connectivity index (χ4n) is 5.08. The lowest BCUT2D eigenvalue weighted by Crippen LogP contribution is -2.57. The van der Waals surface area contributed by atoms with Gasteiger partial charge in [0.15, 0.2) is 11.5 Å². The number of anilines is 2. The molecule has 0 aliphatic carbocycles. The summed E-state index contributed by atoms with van der Waals surface area (Å²) in [6, 6.07) is 14.0. The molecule has 6 rings (SSSR count). The Morgan fingerprint density at radius 2 is 1.86 bits per heavy atom. The number of carbonyl (C=O) groups is 2. The van der Waals surface area contributed by atoms with Crippen LogP contribution >= 0.6 is 0 Å². The molecule has 0 bridgehead atoms. The third kappa shape index (κ3) is 6.61. The average Bonchev–Trinajstić information content (AvgIpc) is 3.60. The summed E-state index contributed by atoms with van der Waals surface area (Å²) in [6.45, 7) is 2.60. The molecule has 2 aliphatic rings. The van der Waals surface area contributed by atoms with Gasteiger partial charge in [0.1, 0.15) is 31.1 Å². The van der Waals surface area contributed by atoms with Gasteiger partial charge in [-0.2, -0.15) is 4.98 Å². The Kier molecular flexibility index (Phi) is 8.20. The van der Waals surface area contributed by atoms with Crippen molar-refractivity contribution in [3.05, 3.63) is 79.0 Å². The quantitative estimate of drug-likeness (QED) is 0.320. The predicted octanol–water partition coefficient (Wildman–Crippen LogP) is 2.87. The number of fused-ring (bicyclic) bond motifs is 1. The number of nitrogens with zero attached hydrogens (tertiary/aromatic N) is 6. The van der Waals surface area contributed by atoms with Gasteiger partial charge in [0, 0.05) is 56.9 Å². The molecule has 0 radical (unpaired) electrons. The van der Waals surface area contributed by atoms with Gasteiger partial charge in [-0.15, -0.1) is 0 Å². The number of hydrogen-bond acceptors (Lipinski definition) is 9. The molecule has 2 aromatic heterocycles. The van der Waals surface area contributed by atoms with Crippen LogP contribution in [0.2, 0.25) is 0 Å². The summed E-state index contributed by atoms with van der Waals surface area (Å²) in [5.74, 6) is 3.06. The monoisotopic (exact) mass is 584 g/mol. The van der Waals surface area contributed by atoms with E-state index in [1.807, 2.05) is 24.3 Å². The SMILES string of the molecule is COc1ccc(NC(=O)N2CCN(c3ccnc(-n4ccnc4)n3)C(CC(=O)NCc3ccc4c(c3)OCCO4)C2)cc1. The number of ether oxygens (including phenoxy) is 3. The third-order valence-electron chi connectivity index (χ3n) is 7.29. The van der Waals surface area contributed by atoms with E-state index in [0.29, 0.717) is 74.1 Å². The van der Waals surface area contributed by atoms with E-state index in [1.54, 1.807) is 65.8 Å². The van der Waals surface area contributed by atoms with Crippen LogP contribution in [0.4, 0.5) is 16.3 Å². The number of imidazole rings is 1. The molecule has 2 aromatic carbocycles. The van der Waals surface area contributed by atoms with E-state index in [4.69, 9.17) is 19.2 Å². The Labute approximate surface area is 248 Å². The summed E-state index contributed by atoms with van der Waals surface area (Å²) < 4.78 is 18.2. The third-order valence-corrected chi connectivity index (χ3v) is 7.29. The number of urea groups is 1. The number of carbonyl (C=O) groups excluding carboxylic acids is 2. The summed E-state index contributed by atoms with van der Waals surface area (Å²) in [6.07, 6.45) is 6.89. The van der Waals surface area contributed by atoms with Gasteiger partial charge < -0.3 is 34.6 Å². The Morgan fingerprint density at radius 1 is 1.02 bits per heavy atom. The minimum Gasteiger partial charge on any atom is -0.497 e. The summed E-state index contributed by atoms with van der Waals surface area (Å²) in [5.41, 5.74) is 1.56. The van der Waals surface area contributed by atoms with Crippen LogP contribution in [-0.2, 0) is 11.3 Å². The number of methoxy groups -OCH3 is 1. The highest BCUT2D eigenvalue weighted by molar-refractivity contribution is 5.89. The van der Waals surface area contributed by atoms with Crippen molar-refractivity contribution in [2.24, 2.45) is 0 Å². The van der Waals surface area contributed by atoms with Crippen molar-refractivity contribution in [3.63, 3.8) is 0 Å². The lowest BCUT2D eigenvalue weighted by molar-refractivity contribution is -0.121. The maximum absolute atomic E-state index is 13.3. The number of amides is 3. The molecule has 1 saturated heterocycles. The largest absolute Gasteiger partial charge is 0.497 e. The van der Waals surface area contributed by atoms with Crippen LogP contribution in [0.25, 0.3) is 5.95 Å². The van der Waals surface area contributed by atoms with Crippen LogP contribution < -0.4 is 29.7 Å². The molecule has 43 heavy (non-hydrogen) atoms. The number of hydrogen-bond donors (Lipinski definition) is 2. The van der Waals surface area contributed by atoms with Crippen molar-refractivity contribution in [1.82, 2.24) is 29.7 Å². The van der Waals surface area contributed by atoms with Crippen molar-refractivity contribution in [3.8, 4) is 23.2 Å². The molecule has 1 atom stereocenters. The van der Waals surface area contributed by atoms with E-state index in [9.17, 15) is 9.59 Å². The van der Waals surface area contributed by atoms with Gasteiger partial charge in [0.25, 0.3) is 0 Å².